The standard InChI is InChI=1S/C16H18S/c1-4-13-9-10-16(17-3)15(11-13)14-8-6-5-7-12(14)2/h5-11H,4H2,1-3H3. The second-order valence-corrected chi connectivity index (χ2v) is 5.05. The van der Waals surface area contributed by atoms with Crippen molar-refractivity contribution in [1.82, 2.24) is 0 Å². The Balaban J connectivity index is 2.60. The van der Waals surface area contributed by atoms with Crippen LogP contribution in [0, 0.1) is 6.92 Å². The molecule has 2 aromatic rings. The fraction of sp³-hybridized carbons (Fsp3) is 0.250. The zero-order valence-corrected chi connectivity index (χ0v) is 11.5. The second kappa shape index (κ2) is 5.42. The van der Waals surface area contributed by atoms with Crippen LogP contribution in [-0.2, 0) is 6.42 Å². The average Bonchev–Trinajstić information content (AvgIpc) is 2.38. The minimum Gasteiger partial charge on any atom is -0.129 e. The Hall–Kier alpha value is -1.21. The Morgan fingerprint density at radius 1 is 1.00 bits per heavy atom. The maximum Gasteiger partial charge on any atom is 0.0148 e. The van der Waals surface area contributed by atoms with Crippen molar-refractivity contribution in [2.24, 2.45) is 0 Å². The van der Waals surface area contributed by atoms with E-state index in [2.05, 4.69) is 62.6 Å². The first-order chi connectivity index (χ1) is 8.26. The van der Waals surface area contributed by atoms with E-state index < -0.39 is 0 Å². The van der Waals surface area contributed by atoms with Gasteiger partial charge in [0.15, 0.2) is 0 Å². The van der Waals surface area contributed by atoms with Crippen LogP contribution in [-0.4, -0.2) is 6.26 Å². The first-order valence-electron chi connectivity index (χ1n) is 5.99. The minimum absolute atomic E-state index is 1.09. The highest BCUT2D eigenvalue weighted by Gasteiger charge is 2.07. The molecule has 0 aliphatic heterocycles. The van der Waals surface area contributed by atoms with E-state index in [0.717, 1.165) is 6.42 Å². The number of rotatable bonds is 3. The molecule has 0 saturated carbocycles. The predicted octanol–water partition coefficient (Wildman–Crippen LogP) is 4.95. The topological polar surface area (TPSA) is 0 Å². The molecule has 0 aliphatic rings. The zero-order valence-electron chi connectivity index (χ0n) is 10.7. The molecule has 0 unspecified atom stereocenters. The average molecular weight is 242 g/mol. The van der Waals surface area contributed by atoms with Gasteiger partial charge in [0.1, 0.15) is 0 Å². The van der Waals surface area contributed by atoms with Crippen LogP contribution in [0.15, 0.2) is 47.4 Å². The van der Waals surface area contributed by atoms with Crippen molar-refractivity contribution >= 4 is 11.8 Å². The Morgan fingerprint density at radius 2 is 1.76 bits per heavy atom. The van der Waals surface area contributed by atoms with Crippen LogP contribution in [0.25, 0.3) is 11.1 Å². The van der Waals surface area contributed by atoms with Crippen molar-refractivity contribution < 1.29 is 0 Å². The van der Waals surface area contributed by atoms with Crippen molar-refractivity contribution in [3.05, 3.63) is 53.6 Å². The smallest absolute Gasteiger partial charge is 0.0148 e. The third kappa shape index (κ3) is 2.55. The van der Waals surface area contributed by atoms with Crippen LogP contribution >= 0.6 is 11.8 Å². The van der Waals surface area contributed by atoms with Crippen LogP contribution in [0.3, 0.4) is 0 Å². The van der Waals surface area contributed by atoms with Gasteiger partial charge in [-0.15, -0.1) is 11.8 Å². The summed E-state index contributed by atoms with van der Waals surface area (Å²) in [6, 6.07) is 15.4. The third-order valence-corrected chi connectivity index (χ3v) is 3.90. The largest absolute Gasteiger partial charge is 0.129 e. The molecule has 0 fully saturated rings. The molecule has 0 bridgehead atoms. The lowest BCUT2D eigenvalue weighted by molar-refractivity contribution is 1.13. The van der Waals surface area contributed by atoms with Crippen molar-refractivity contribution in [3.63, 3.8) is 0 Å². The van der Waals surface area contributed by atoms with Crippen molar-refractivity contribution in [3.8, 4) is 11.1 Å². The summed E-state index contributed by atoms with van der Waals surface area (Å²) in [6.07, 6.45) is 3.23. The van der Waals surface area contributed by atoms with Gasteiger partial charge >= 0.3 is 0 Å². The van der Waals surface area contributed by atoms with Crippen LogP contribution in [0.1, 0.15) is 18.1 Å². The highest BCUT2D eigenvalue weighted by atomic mass is 32.2. The van der Waals surface area contributed by atoms with Crippen molar-refractivity contribution in [2.45, 2.75) is 25.2 Å². The van der Waals surface area contributed by atoms with Gasteiger partial charge in [0, 0.05) is 4.90 Å². The second-order valence-electron chi connectivity index (χ2n) is 4.20. The molecule has 1 heteroatoms. The van der Waals surface area contributed by atoms with Gasteiger partial charge in [0.05, 0.1) is 0 Å². The summed E-state index contributed by atoms with van der Waals surface area (Å²) in [7, 11) is 0. The molecule has 2 aromatic carbocycles. The highest BCUT2D eigenvalue weighted by molar-refractivity contribution is 7.98. The molecule has 0 heterocycles. The lowest BCUT2D eigenvalue weighted by Crippen LogP contribution is -1.88. The summed E-state index contributed by atoms with van der Waals surface area (Å²) in [4.78, 5) is 1.36. The van der Waals surface area contributed by atoms with E-state index >= 15 is 0 Å². The maximum atomic E-state index is 2.33. The van der Waals surface area contributed by atoms with E-state index in [9.17, 15) is 0 Å². The van der Waals surface area contributed by atoms with E-state index in [0.29, 0.717) is 0 Å². The van der Waals surface area contributed by atoms with Crippen molar-refractivity contribution in [2.75, 3.05) is 6.26 Å². The molecule has 0 saturated heterocycles. The molecule has 0 N–H and O–H groups in total. The summed E-state index contributed by atoms with van der Waals surface area (Å²) >= 11 is 1.82. The number of benzene rings is 2. The Morgan fingerprint density at radius 3 is 2.41 bits per heavy atom. The molecule has 0 aromatic heterocycles. The number of hydrogen-bond acceptors (Lipinski definition) is 1. The lowest BCUT2D eigenvalue weighted by atomic mass is 9.98. The molecular formula is C16H18S. The molecule has 0 spiro atoms. The Labute approximate surface area is 108 Å². The van der Waals surface area contributed by atoms with E-state index in [1.807, 2.05) is 11.8 Å². The maximum absolute atomic E-state index is 2.33. The fourth-order valence-electron chi connectivity index (χ4n) is 2.06. The normalized spacial score (nSPS) is 10.5. The summed E-state index contributed by atoms with van der Waals surface area (Å²) in [5, 5.41) is 0. The molecule has 88 valence electrons. The third-order valence-electron chi connectivity index (χ3n) is 3.11. The van der Waals surface area contributed by atoms with Crippen LogP contribution in [0.5, 0.6) is 0 Å². The van der Waals surface area contributed by atoms with Gasteiger partial charge in [-0.25, -0.2) is 0 Å². The first-order valence-corrected chi connectivity index (χ1v) is 7.21. The summed E-state index contributed by atoms with van der Waals surface area (Å²) in [5.41, 5.74) is 5.47. The molecule has 17 heavy (non-hydrogen) atoms. The van der Waals surface area contributed by atoms with Gasteiger partial charge < -0.3 is 0 Å². The molecule has 2 rings (SSSR count). The zero-order chi connectivity index (χ0) is 12.3. The minimum atomic E-state index is 1.09. The lowest BCUT2D eigenvalue weighted by Gasteiger charge is -2.12. The number of hydrogen-bond donors (Lipinski definition) is 0. The molecule has 0 atom stereocenters. The molecule has 0 nitrogen and oxygen atoms in total. The summed E-state index contributed by atoms with van der Waals surface area (Å²) in [5.74, 6) is 0. The summed E-state index contributed by atoms with van der Waals surface area (Å²) < 4.78 is 0. The quantitative estimate of drug-likeness (QED) is 0.686. The van der Waals surface area contributed by atoms with Crippen LogP contribution < -0.4 is 0 Å². The van der Waals surface area contributed by atoms with Gasteiger partial charge in [0.2, 0.25) is 0 Å². The first kappa shape index (κ1) is 12.3. The van der Waals surface area contributed by atoms with Gasteiger partial charge in [-0.05, 0) is 47.9 Å². The molecule has 0 aliphatic carbocycles. The number of aryl methyl sites for hydroxylation is 2. The predicted molar refractivity (Wildman–Crippen MR) is 77.8 cm³/mol. The van der Waals surface area contributed by atoms with E-state index in [1.54, 1.807) is 0 Å². The van der Waals surface area contributed by atoms with Gasteiger partial charge in [-0.1, -0.05) is 43.3 Å². The number of thioether (sulfide) groups is 1. The van der Waals surface area contributed by atoms with E-state index in [-0.39, 0.29) is 0 Å². The Kier molecular flexibility index (Phi) is 3.90. The van der Waals surface area contributed by atoms with Gasteiger partial charge in [-0.3, -0.25) is 0 Å². The van der Waals surface area contributed by atoms with Crippen molar-refractivity contribution in [1.29, 1.82) is 0 Å². The van der Waals surface area contributed by atoms with E-state index in [4.69, 9.17) is 0 Å². The SMILES string of the molecule is CCc1ccc(SC)c(-c2ccccc2C)c1. The Bertz CT molecular complexity index is 515. The van der Waals surface area contributed by atoms with E-state index in [1.165, 1.54) is 27.1 Å². The van der Waals surface area contributed by atoms with Gasteiger partial charge in [-0.2, -0.15) is 0 Å². The molecule has 0 radical (unpaired) electrons. The van der Waals surface area contributed by atoms with Gasteiger partial charge in [0.25, 0.3) is 0 Å². The fourth-order valence-corrected chi connectivity index (χ4v) is 2.65. The molecular weight excluding hydrogens is 224 g/mol. The summed E-state index contributed by atoms with van der Waals surface area (Å²) in [6.45, 7) is 4.38. The monoisotopic (exact) mass is 242 g/mol. The molecule has 0 amide bonds. The van der Waals surface area contributed by atoms with Crippen LogP contribution in [0.2, 0.25) is 0 Å². The highest BCUT2D eigenvalue weighted by Crippen LogP contribution is 2.33. The van der Waals surface area contributed by atoms with Crippen LogP contribution in [0.4, 0.5) is 0 Å².